The number of benzene rings is 1. The van der Waals surface area contributed by atoms with Gasteiger partial charge in [-0.3, -0.25) is 4.79 Å². The lowest BCUT2D eigenvalue weighted by Crippen LogP contribution is -2.67. The fourth-order valence-electron chi connectivity index (χ4n) is 4.36. The van der Waals surface area contributed by atoms with Crippen LogP contribution in [0.3, 0.4) is 0 Å². The molecule has 9 heteroatoms. The van der Waals surface area contributed by atoms with Crippen LogP contribution in [0.5, 0.6) is 0 Å². The van der Waals surface area contributed by atoms with Crippen molar-refractivity contribution in [1.29, 1.82) is 0 Å². The number of aliphatic hydroxyl groups is 3. The van der Waals surface area contributed by atoms with Crippen molar-refractivity contribution in [2.45, 2.75) is 56.3 Å². The van der Waals surface area contributed by atoms with E-state index in [0.717, 1.165) is 25.9 Å². The lowest BCUT2D eigenvalue weighted by atomic mass is 9.83. The highest BCUT2D eigenvalue weighted by atomic mass is 19.1. The van der Waals surface area contributed by atoms with E-state index < -0.39 is 42.5 Å². The molecule has 4 N–H and O–H groups in total. The second kappa shape index (κ2) is 8.60. The van der Waals surface area contributed by atoms with E-state index >= 15 is 0 Å². The first-order chi connectivity index (χ1) is 14.4. The lowest BCUT2D eigenvalue weighted by Gasteiger charge is -2.41. The van der Waals surface area contributed by atoms with Crippen molar-refractivity contribution in [1.82, 2.24) is 5.32 Å². The van der Waals surface area contributed by atoms with Crippen LogP contribution in [-0.2, 0) is 14.3 Å². The van der Waals surface area contributed by atoms with E-state index in [0.29, 0.717) is 11.3 Å². The predicted molar refractivity (Wildman–Crippen MR) is 106 cm³/mol. The lowest BCUT2D eigenvalue weighted by molar-refractivity contribution is -0.155. The quantitative estimate of drug-likeness (QED) is 0.511. The van der Waals surface area contributed by atoms with Gasteiger partial charge in [-0.1, -0.05) is 6.07 Å². The summed E-state index contributed by atoms with van der Waals surface area (Å²) in [6.07, 6.45) is -2.03. The van der Waals surface area contributed by atoms with Crippen molar-refractivity contribution >= 4 is 17.7 Å². The standard InChI is InChI=1S/C21H27FN2O6/c1-11(8-12-4-5-14(13(22)9-12)24-6-2-3-7-24)21(28)23-15-16(25)18(27)20-19(17(15)26)29-10-30-20/h4-5,8-9,15-20,25-27H,2-3,6-7,10H2,1H3,(H,23,28)/b11-8+/t15-,16+,17-,18-,19+,20-/m1/s1. The maximum absolute atomic E-state index is 14.5. The Labute approximate surface area is 173 Å². The number of carbonyl (C=O) groups is 1. The summed E-state index contributed by atoms with van der Waals surface area (Å²) in [6.45, 7) is 3.12. The Bertz CT molecular complexity index is 828. The van der Waals surface area contributed by atoms with Gasteiger partial charge in [-0.15, -0.1) is 0 Å². The number of rotatable bonds is 4. The van der Waals surface area contributed by atoms with Crippen LogP contribution < -0.4 is 10.2 Å². The van der Waals surface area contributed by atoms with Crippen LogP contribution in [0.2, 0.25) is 0 Å². The second-order valence-corrected chi connectivity index (χ2v) is 8.08. The Morgan fingerprint density at radius 1 is 1.13 bits per heavy atom. The predicted octanol–water partition coefficient (Wildman–Crippen LogP) is 0.152. The van der Waals surface area contributed by atoms with Gasteiger partial charge < -0.3 is 35.0 Å². The third-order valence-electron chi connectivity index (χ3n) is 6.06. The number of anilines is 1. The highest BCUT2D eigenvalue weighted by Gasteiger charge is 2.53. The summed E-state index contributed by atoms with van der Waals surface area (Å²) in [5.74, 6) is -0.892. The molecule has 1 aliphatic carbocycles. The van der Waals surface area contributed by atoms with E-state index in [1.807, 2.05) is 4.90 Å². The zero-order valence-corrected chi connectivity index (χ0v) is 16.7. The van der Waals surface area contributed by atoms with Crippen LogP contribution in [0.25, 0.3) is 6.08 Å². The van der Waals surface area contributed by atoms with Gasteiger partial charge in [-0.05, 0) is 43.5 Å². The molecule has 3 aliphatic rings. The Hall–Kier alpha value is -2.04. The number of amides is 1. The molecule has 0 bridgehead atoms. The number of nitrogens with zero attached hydrogens (tertiary/aromatic N) is 1. The summed E-state index contributed by atoms with van der Waals surface area (Å²) in [5, 5.41) is 33.5. The zero-order chi connectivity index (χ0) is 21.4. The van der Waals surface area contributed by atoms with Crippen LogP contribution in [-0.4, -0.2) is 77.7 Å². The van der Waals surface area contributed by atoms with Crippen molar-refractivity contribution in [2.75, 3.05) is 24.8 Å². The SMILES string of the molecule is C/C(=C\c1ccc(N2CCCC2)c(F)c1)C(=O)N[C@@H]1[C@H](O)[C@@H](O)[C@H]2OCO[C@H]2[C@@H]1O. The summed E-state index contributed by atoms with van der Waals surface area (Å²) < 4.78 is 25.0. The van der Waals surface area contributed by atoms with E-state index in [1.54, 1.807) is 19.1 Å². The number of fused-ring (bicyclic) bond motifs is 1. The number of ether oxygens (including phenoxy) is 2. The molecule has 0 radical (unpaired) electrons. The average molecular weight is 422 g/mol. The number of carbonyl (C=O) groups excluding carboxylic acids is 1. The van der Waals surface area contributed by atoms with Crippen LogP contribution in [0, 0.1) is 5.82 Å². The Morgan fingerprint density at radius 3 is 2.47 bits per heavy atom. The van der Waals surface area contributed by atoms with Crippen LogP contribution >= 0.6 is 0 Å². The molecule has 30 heavy (non-hydrogen) atoms. The van der Waals surface area contributed by atoms with Gasteiger partial charge in [-0.25, -0.2) is 4.39 Å². The van der Waals surface area contributed by atoms with Crippen LogP contribution in [0.1, 0.15) is 25.3 Å². The van der Waals surface area contributed by atoms with Crippen molar-refractivity contribution in [3.8, 4) is 0 Å². The Morgan fingerprint density at radius 2 is 1.80 bits per heavy atom. The minimum absolute atomic E-state index is 0.102. The smallest absolute Gasteiger partial charge is 0.247 e. The molecule has 1 aromatic carbocycles. The van der Waals surface area contributed by atoms with Gasteiger partial charge in [-0.2, -0.15) is 0 Å². The molecule has 1 amide bonds. The summed E-state index contributed by atoms with van der Waals surface area (Å²) in [5.41, 5.74) is 1.35. The van der Waals surface area contributed by atoms with Gasteiger partial charge in [0, 0.05) is 18.7 Å². The van der Waals surface area contributed by atoms with E-state index in [2.05, 4.69) is 5.32 Å². The third kappa shape index (κ3) is 3.95. The molecular formula is C21H27FN2O6. The molecule has 8 nitrogen and oxygen atoms in total. The molecule has 0 aromatic heterocycles. The molecule has 1 saturated carbocycles. The van der Waals surface area contributed by atoms with E-state index in [1.165, 1.54) is 12.1 Å². The van der Waals surface area contributed by atoms with Gasteiger partial charge in [0.25, 0.3) is 0 Å². The van der Waals surface area contributed by atoms with E-state index in [4.69, 9.17) is 9.47 Å². The summed E-state index contributed by atoms with van der Waals surface area (Å²) >= 11 is 0. The first-order valence-corrected chi connectivity index (χ1v) is 10.2. The molecule has 2 aliphatic heterocycles. The summed E-state index contributed by atoms with van der Waals surface area (Å²) in [7, 11) is 0. The molecule has 4 rings (SSSR count). The highest BCUT2D eigenvalue weighted by Crippen LogP contribution is 2.30. The number of hydrogen-bond donors (Lipinski definition) is 4. The van der Waals surface area contributed by atoms with E-state index in [-0.39, 0.29) is 18.2 Å². The number of hydrogen-bond acceptors (Lipinski definition) is 7. The third-order valence-corrected chi connectivity index (χ3v) is 6.06. The van der Waals surface area contributed by atoms with Crippen molar-refractivity contribution in [3.05, 3.63) is 35.2 Å². The van der Waals surface area contributed by atoms with Gasteiger partial charge in [0.2, 0.25) is 5.91 Å². The molecule has 2 saturated heterocycles. The largest absolute Gasteiger partial charge is 0.388 e. The van der Waals surface area contributed by atoms with Crippen molar-refractivity contribution in [2.24, 2.45) is 0 Å². The zero-order valence-electron chi connectivity index (χ0n) is 16.7. The van der Waals surface area contributed by atoms with Crippen molar-refractivity contribution in [3.63, 3.8) is 0 Å². The molecule has 164 valence electrons. The fourth-order valence-corrected chi connectivity index (χ4v) is 4.36. The molecule has 1 aromatic rings. The minimum atomic E-state index is -1.42. The number of aliphatic hydroxyl groups excluding tert-OH is 3. The number of halogens is 1. The maximum atomic E-state index is 14.5. The Kier molecular flexibility index (Phi) is 6.08. The monoisotopic (exact) mass is 422 g/mol. The molecule has 3 fully saturated rings. The van der Waals surface area contributed by atoms with Gasteiger partial charge in [0.1, 0.15) is 43.1 Å². The second-order valence-electron chi connectivity index (χ2n) is 8.08. The van der Waals surface area contributed by atoms with Gasteiger partial charge in [0.05, 0.1) is 11.7 Å². The average Bonchev–Trinajstić information content (AvgIpc) is 3.41. The van der Waals surface area contributed by atoms with Gasteiger partial charge in [0.15, 0.2) is 0 Å². The van der Waals surface area contributed by atoms with Gasteiger partial charge >= 0.3 is 0 Å². The van der Waals surface area contributed by atoms with Crippen LogP contribution in [0.4, 0.5) is 10.1 Å². The first-order valence-electron chi connectivity index (χ1n) is 10.2. The van der Waals surface area contributed by atoms with Crippen LogP contribution in [0.15, 0.2) is 23.8 Å². The first kappa shape index (κ1) is 21.2. The summed E-state index contributed by atoms with van der Waals surface area (Å²) in [6, 6.07) is 3.70. The minimum Gasteiger partial charge on any atom is -0.388 e. The highest BCUT2D eigenvalue weighted by molar-refractivity contribution is 5.97. The molecule has 6 atom stereocenters. The summed E-state index contributed by atoms with van der Waals surface area (Å²) in [4.78, 5) is 14.6. The fraction of sp³-hybridized carbons (Fsp3) is 0.571. The number of nitrogens with one attached hydrogen (secondary N) is 1. The van der Waals surface area contributed by atoms with Crippen molar-refractivity contribution < 1.29 is 34.0 Å². The van der Waals surface area contributed by atoms with E-state index in [9.17, 15) is 24.5 Å². The maximum Gasteiger partial charge on any atom is 0.247 e. The normalized spacial score (nSPS) is 34.2. The Balaban J connectivity index is 1.45. The molecule has 2 heterocycles. The molecular weight excluding hydrogens is 395 g/mol. The molecule has 0 spiro atoms. The topological polar surface area (TPSA) is 111 Å². The molecule has 0 unspecified atom stereocenters.